The van der Waals surface area contributed by atoms with Gasteiger partial charge in [0.25, 0.3) is 0 Å². The van der Waals surface area contributed by atoms with E-state index in [2.05, 4.69) is 25.0 Å². The molecule has 0 aliphatic rings. The fraction of sp³-hybridized carbons (Fsp3) is 1.00. The summed E-state index contributed by atoms with van der Waals surface area (Å²) in [5.41, 5.74) is 0. The molecule has 0 saturated carbocycles. The molecule has 2 N–H and O–H groups in total. The van der Waals surface area contributed by atoms with Crippen LogP contribution in [0.2, 0.25) is 13.1 Å². The van der Waals surface area contributed by atoms with Gasteiger partial charge < -0.3 is 22.0 Å². The van der Waals surface area contributed by atoms with E-state index in [1.165, 1.54) is 83.6 Å². The van der Waals surface area contributed by atoms with Gasteiger partial charge in [0.15, 0.2) is 0 Å². The normalized spacial score (nSPS) is 10.7. The van der Waals surface area contributed by atoms with Crippen molar-refractivity contribution in [1.29, 1.82) is 0 Å². The Morgan fingerprint density at radius 3 is 1.37 bits per heavy atom. The fourth-order valence-electron chi connectivity index (χ4n) is 2.38. The number of hydrogen-bond donors (Lipinski definition) is 1. The van der Waals surface area contributed by atoms with Crippen LogP contribution in [0.3, 0.4) is 0 Å². The topological polar surface area (TPSA) is 16.6 Å². The van der Waals surface area contributed by atoms with Gasteiger partial charge >= 0.3 is 8.96 Å². The summed E-state index contributed by atoms with van der Waals surface area (Å²) in [6, 6.07) is 0. The molecule has 0 heterocycles. The molecule has 1 nitrogen and oxygen atoms in total. The first-order valence-electron chi connectivity index (χ1n) is 8.40. The Kier molecular flexibility index (Phi) is 21.6. The zero-order valence-electron chi connectivity index (χ0n) is 13.6. The summed E-state index contributed by atoms with van der Waals surface area (Å²) >= 11 is 0. The van der Waals surface area contributed by atoms with Crippen molar-refractivity contribution in [2.45, 2.75) is 97.1 Å². The van der Waals surface area contributed by atoms with Gasteiger partial charge in [0.2, 0.25) is 0 Å². The first-order valence-corrected chi connectivity index (χ1v) is 11.0. The van der Waals surface area contributed by atoms with E-state index in [-0.39, 0.29) is 25.9 Å². The average Bonchev–Trinajstić information content (AvgIpc) is 2.34. The Morgan fingerprint density at radius 1 is 0.632 bits per heavy atom. The zero-order valence-corrected chi connectivity index (χ0v) is 16.2. The van der Waals surface area contributed by atoms with Gasteiger partial charge in [-0.2, -0.15) is 0 Å². The van der Waals surface area contributed by atoms with Gasteiger partial charge in [0, 0.05) is 0 Å². The summed E-state index contributed by atoms with van der Waals surface area (Å²) in [5.74, 6) is 0. The molecule has 3 heteroatoms. The molecule has 0 rings (SSSR count). The van der Waals surface area contributed by atoms with Crippen LogP contribution in [0.5, 0.6) is 0 Å². The Labute approximate surface area is 134 Å². The van der Waals surface area contributed by atoms with Crippen LogP contribution in [0.15, 0.2) is 0 Å². The highest BCUT2D eigenvalue weighted by Gasteiger charge is 2.00. The quantitative estimate of drug-likeness (QED) is 0.361. The number of unbranched alkanes of at least 4 members (excludes halogenated alkanes) is 11. The van der Waals surface area contributed by atoms with Crippen molar-refractivity contribution < 1.29 is 22.0 Å². The molecule has 0 amide bonds. The predicted molar refractivity (Wildman–Crippen MR) is 85.4 cm³/mol. The lowest BCUT2D eigenvalue weighted by atomic mass is 10.1. The van der Waals surface area contributed by atoms with E-state index in [1.54, 1.807) is 0 Å². The molecule has 0 aromatic rings. The highest BCUT2D eigenvalue weighted by Crippen LogP contribution is 2.11. The van der Waals surface area contributed by atoms with Crippen molar-refractivity contribution in [3.63, 3.8) is 0 Å². The van der Waals surface area contributed by atoms with Crippen LogP contribution in [0.1, 0.15) is 84.0 Å². The Morgan fingerprint density at radius 2 is 1.00 bits per heavy atom. The maximum atomic E-state index is 2.56. The Balaban J connectivity index is 0. The van der Waals surface area contributed by atoms with Crippen molar-refractivity contribution in [3.05, 3.63) is 0 Å². The van der Waals surface area contributed by atoms with Crippen molar-refractivity contribution >= 4 is 8.96 Å². The van der Waals surface area contributed by atoms with E-state index in [4.69, 9.17) is 0 Å². The molecule has 0 spiro atoms. The van der Waals surface area contributed by atoms with Gasteiger partial charge in [-0.15, -0.1) is 0 Å². The van der Waals surface area contributed by atoms with Gasteiger partial charge in [0.1, 0.15) is 0 Å². The van der Waals surface area contributed by atoms with Crippen LogP contribution < -0.4 is 22.0 Å². The summed E-state index contributed by atoms with van der Waals surface area (Å²) in [5, 5.41) is 0. The maximum absolute atomic E-state index is 2.56. The molecule has 117 valence electrons. The van der Waals surface area contributed by atoms with Crippen molar-refractivity contribution in [3.8, 4) is 0 Å². The molecule has 1 radical (unpaired) electrons. The number of hydrogen-bond acceptors (Lipinski definition) is 0. The highest BCUT2D eigenvalue weighted by atomic mass is 79.9. The second-order valence-corrected chi connectivity index (χ2v) is 8.52. The van der Waals surface area contributed by atoms with Crippen molar-refractivity contribution in [2.24, 2.45) is 0 Å². The third-order valence-electron chi connectivity index (χ3n) is 3.61. The molecule has 0 bridgehead atoms. The summed E-state index contributed by atoms with van der Waals surface area (Å²) in [6.07, 6.45) is 17.5. The third kappa shape index (κ3) is 21.1. The molecule has 19 heavy (non-hydrogen) atoms. The van der Waals surface area contributed by atoms with E-state index in [0.717, 1.165) is 0 Å². The largest absolute Gasteiger partial charge is 1.00 e. The van der Waals surface area contributed by atoms with Crippen LogP contribution >= 0.6 is 0 Å². The first-order chi connectivity index (χ1) is 8.77. The predicted octanol–water partition coefficient (Wildman–Crippen LogP) is 1.51. The average molecular weight is 351 g/mol. The zero-order chi connectivity index (χ0) is 13.5. The maximum Gasteiger partial charge on any atom is 0.326 e. The lowest BCUT2D eigenvalue weighted by Crippen LogP contribution is -3.00. The molecule has 0 unspecified atom stereocenters. The van der Waals surface area contributed by atoms with Gasteiger partial charge in [0.05, 0.1) is 6.54 Å². The monoisotopic (exact) mass is 350 g/mol. The van der Waals surface area contributed by atoms with Crippen LogP contribution in [0.4, 0.5) is 0 Å². The number of rotatable bonds is 14. The van der Waals surface area contributed by atoms with E-state index < -0.39 is 0 Å². The lowest BCUT2D eigenvalue weighted by Gasteiger charge is -2.03. The number of halogens is 1. The van der Waals surface area contributed by atoms with Gasteiger partial charge in [-0.25, -0.2) is 0 Å². The van der Waals surface area contributed by atoms with E-state index in [0.29, 0.717) is 0 Å². The molecule has 0 aromatic carbocycles. The van der Waals surface area contributed by atoms with Crippen LogP contribution in [0.25, 0.3) is 0 Å². The molecular weight excluding hydrogens is 314 g/mol. The molecule has 0 atom stereocenters. The highest BCUT2D eigenvalue weighted by molar-refractivity contribution is 6.45. The summed E-state index contributed by atoms with van der Waals surface area (Å²) in [6.45, 7) is 8.43. The smallest absolute Gasteiger partial charge is 0.326 e. The fourth-order valence-corrected chi connectivity index (χ4v) is 3.16. The minimum absolute atomic E-state index is 0. The summed E-state index contributed by atoms with van der Waals surface area (Å²) < 4.78 is 0. The molecule has 0 fully saturated rings. The van der Waals surface area contributed by atoms with Gasteiger partial charge in [-0.3, -0.25) is 0 Å². The molecule has 0 saturated heterocycles. The van der Waals surface area contributed by atoms with Crippen LogP contribution in [0, 0.1) is 0 Å². The third-order valence-corrected chi connectivity index (χ3v) is 4.72. The second-order valence-electron chi connectivity index (χ2n) is 5.96. The van der Waals surface area contributed by atoms with Crippen LogP contribution in [-0.4, -0.2) is 15.5 Å². The number of nitrogens with two attached hydrogens (primary N) is 1. The van der Waals surface area contributed by atoms with E-state index >= 15 is 0 Å². The minimum atomic E-state index is -0.0735. The Bertz CT molecular complexity index is 154. The molecule has 0 aromatic heterocycles. The molecule has 0 aliphatic heterocycles. The van der Waals surface area contributed by atoms with Gasteiger partial charge in [-0.1, -0.05) is 71.1 Å². The molecular formula is C16H37BrNSi. The minimum Gasteiger partial charge on any atom is -1.00 e. The lowest BCUT2D eigenvalue weighted by molar-refractivity contribution is -0.522. The second kappa shape index (κ2) is 18.7. The Hall–Kier alpha value is 0.657. The van der Waals surface area contributed by atoms with Crippen molar-refractivity contribution in [2.75, 3.05) is 6.54 Å². The SMILES string of the molecule is CCCCCCCCCCCCCC[NH2+][Si](C)C.[Br-]. The summed E-state index contributed by atoms with van der Waals surface area (Å²) in [7, 11) is -0.0735. The van der Waals surface area contributed by atoms with E-state index in [1.807, 2.05) is 0 Å². The first kappa shape index (κ1) is 21.9. The van der Waals surface area contributed by atoms with E-state index in [9.17, 15) is 0 Å². The summed E-state index contributed by atoms with van der Waals surface area (Å²) in [4.78, 5) is 2.56. The van der Waals surface area contributed by atoms with Gasteiger partial charge in [-0.05, 0) is 25.9 Å². The van der Waals surface area contributed by atoms with Crippen LogP contribution in [-0.2, 0) is 0 Å². The molecule has 0 aliphatic carbocycles. The standard InChI is InChI=1S/C16H37NSi.BrH/c1-4-5-6-7-8-9-10-11-12-13-14-15-16-17-18(2)3;/h4-17H2,1-3H3;1H/q+1;/p-1. The van der Waals surface area contributed by atoms with Crippen molar-refractivity contribution in [1.82, 2.24) is 0 Å². The number of quaternary nitrogens is 1.